The van der Waals surface area contributed by atoms with E-state index in [0.29, 0.717) is 16.5 Å². The fourth-order valence-electron chi connectivity index (χ4n) is 2.50. The van der Waals surface area contributed by atoms with Gasteiger partial charge in [-0.05, 0) is 44.0 Å². The second kappa shape index (κ2) is 7.66. The van der Waals surface area contributed by atoms with Crippen LogP contribution in [0.25, 0.3) is 10.9 Å². The molecule has 3 N–H and O–H groups in total. The predicted octanol–water partition coefficient (Wildman–Crippen LogP) is 1.49. The molecule has 0 aliphatic heterocycles. The maximum atomic E-state index is 12.2. The van der Waals surface area contributed by atoms with Crippen molar-refractivity contribution in [1.29, 1.82) is 0 Å². The molecule has 0 fully saturated rings. The molecule has 1 aromatic heterocycles. The van der Waals surface area contributed by atoms with Crippen LogP contribution < -0.4 is 5.14 Å². The van der Waals surface area contributed by atoms with Gasteiger partial charge in [-0.15, -0.1) is 0 Å². The van der Waals surface area contributed by atoms with Crippen LogP contribution in [0.1, 0.15) is 36.3 Å². The van der Waals surface area contributed by atoms with E-state index >= 15 is 0 Å². The van der Waals surface area contributed by atoms with Crippen molar-refractivity contribution in [2.45, 2.75) is 31.6 Å². The number of sulfonamides is 1. The molecule has 2 aromatic rings. The summed E-state index contributed by atoms with van der Waals surface area (Å²) in [5.41, 5.74) is 1.23. The first kappa shape index (κ1) is 18.9. The van der Waals surface area contributed by atoms with E-state index in [2.05, 4.69) is 4.98 Å². The number of benzene rings is 1. The maximum absolute atomic E-state index is 12.2. The summed E-state index contributed by atoms with van der Waals surface area (Å²) in [5.74, 6) is -0.982. The Morgan fingerprint density at radius 2 is 1.84 bits per heavy atom. The number of aromatic amines is 1. The van der Waals surface area contributed by atoms with Crippen LogP contribution in [0.5, 0.6) is 0 Å². The zero-order chi connectivity index (χ0) is 18.6. The lowest BCUT2D eigenvalue weighted by atomic mass is 10.1. The molecule has 136 valence electrons. The molecular weight excluding hydrogens is 348 g/mol. The monoisotopic (exact) mass is 368 g/mol. The van der Waals surface area contributed by atoms with Gasteiger partial charge < -0.3 is 14.5 Å². The Labute approximate surface area is 145 Å². The second-order valence-electron chi connectivity index (χ2n) is 5.26. The molecule has 0 bridgehead atoms. The first-order valence-corrected chi connectivity index (χ1v) is 9.32. The standard InChI is InChI=1S/C16H20N2O6S/c1-3-23-14(19)8-6-11-12-9-10(25(17,21)22)5-7-13(12)18-15(11)16(20)24-4-2/h5,7,9,18H,3-4,6,8H2,1-2H3,(H2,17,21,22). The number of H-pyrrole nitrogens is 1. The number of nitrogens with one attached hydrogen (secondary N) is 1. The summed E-state index contributed by atoms with van der Waals surface area (Å²) >= 11 is 0. The van der Waals surface area contributed by atoms with Gasteiger partial charge in [0.2, 0.25) is 10.0 Å². The second-order valence-corrected chi connectivity index (χ2v) is 6.82. The van der Waals surface area contributed by atoms with Gasteiger partial charge in [-0.25, -0.2) is 18.4 Å². The minimum atomic E-state index is -3.89. The first-order valence-electron chi connectivity index (χ1n) is 7.78. The van der Waals surface area contributed by atoms with Crippen molar-refractivity contribution in [2.24, 2.45) is 5.14 Å². The van der Waals surface area contributed by atoms with Crippen LogP contribution >= 0.6 is 0 Å². The summed E-state index contributed by atoms with van der Waals surface area (Å²) in [6, 6.07) is 4.24. The quantitative estimate of drug-likeness (QED) is 0.712. The highest BCUT2D eigenvalue weighted by atomic mass is 32.2. The van der Waals surface area contributed by atoms with E-state index < -0.39 is 22.0 Å². The van der Waals surface area contributed by atoms with Gasteiger partial charge in [-0.1, -0.05) is 0 Å². The fraction of sp³-hybridized carbons (Fsp3) is 0.375. The highest BCUT2D eigenvalue weighted by molar-refractivity contribution is 7.89. The SMILES string of the molecule is CCOC(=O)CCc1c(C(=O)OCC)[nH]c2ccc(S(N)(=O)=O)cc12. The lowest BCUT2D eigenvalue weighted by molar-refractivity contribution is -0.143. The van der Waals surface area contributed by atoms with Gasteiger partial charge in [0.25, 0.3) is 0 Å². The Morgan fingerprint density at radius 1 is 1.16 bits per heavy atom. The zero-order valence-corrected chi connectivity index (χ0v) is 14.8. The van der Waals surface area contributed by atoms with Crippen molar-refractivity contribution < 1.29 is 27.5 Å². The van der Waals surface area contributed by atoms with Crippen molar-refractivity contribution in [1.82, 2.24) is 4.98 Å². The van der Waals surface area contributed by atoms with Crippen LogP contribution in [0, 0.1) is 0 Å². The van der Waals surface area contributed by atoms with Crippen LogP contribution in [0.15, 0.2) is 23.1 Å². The summed E-state index contributed by atoms with van der Waals surface area (Å²) in [7, 11) is -3.89. The molecule has 0 saturated heterocycles. The number of nitrogens with two attached hydrogens (primary N) is 1. The fourth-order valence-corrected chi connectivity index (χ4v) is 3.04. The van der Waals surface area contributed by atoms with E-state index in [0.717, 1.165) is 0 Å². The van der Waals surface area contributed by atoms with Gasteiger partial charge in [0.1, 0.15) is 5.69 Å². The van der Waals surface area contributed by atoms with Gasteiger partial charge in [-0.2, -0.15) is 0 Å². The largest absolute Gasteiger partial charge is 0.466 e. The van der Waals surface area contributed by atoms with Crippen molar-refractivity contribution in [2.75, 3.05) is 13.2 Å². The molecule has 9 heteroatoms. The number of fused-ring (bicyclic) bond motifs is 1. The molecule has 0 spiro atoms. The summed E-state index contributed by atoms with van der Waals surface area (Å²) in [6.45, 7) is 3.82. The van der Waals surface area contributed by atoms with Crippen molar-refractivity contribution in [3.63, 3.8) is 0 Å². The lowest BCUT2D eigenvalue weighted by Crippen LogP contribution is -2.12. The van der Waals surface area contributed by atoms with Crippen molar-refractivity contribution in [3.05, 3.63) is 29.5 Å². The van der Waals surface area contributed by atoms with E-state index in [-0.39, 0.29) is 36.6 Å². The number of ether oxygens (including phenoxy) is 2. The van der Waals surface area contributed by atoms with Crippen molar-refractivity contribution >= 4 is 32.9 Å². The number of hydrogen-bond acceptors (Lipinski definition) is 6. The Kier molecular flexibility index (Phi) is 5.81. The minimum absolute atomic E-state index is 0.0484. The number of esters is 2. The van der Waals surface area contributed by atoms with Crippen LogP contribution in [-0.4, -0.2) is 38.6 Å². The molecule has 0 radical (unpaired) electrons. The van der Waals surface area contributed by atoms with E-state index in [1.165, 1.54) is 18.2 Å². The van der Waals surface area contributed by atoms with Gasteiger partial charge in [0.15, 0.2) is 0 Å². The molecular formula is C16H20N2O6S. The molecule has 8 nitrogen and oxygen atoms in total. The molecule has 0 aliphatic carbocycles. The Morgan fingerprint density at radius 3 is 2.44 bits per heavy atom. The highest BCUT2D eigenvalue weighted by Gasteiger charge is 2.21. The summed E-state index contributed by atoms with van der Waals surface area (Å²) in [4.78, 5) is 26.7. The number of carbonyl (C=O) groups is 2. The molecule has 0 aliphatic rings. The van der Waals surface area contributed by atoms with Crippen LogP contribution in [0.2, 0.25) is 0 Å². The Bertz CT molecular complexity index is 901. The van der Waals surface area contributed by atoms with E-state index in [9.17, 15) is 18.0 Å². The topological polar surface area (TPSA) is 129 Å². The van der Waals surface area contributed by atoms with Crippen LogP contribution in [0.4, 0.5) is 0 Å². The highest BCUT2D eigenvalue weighted by Crippen LogP contribution is 2.27. The number of hydrogen-bond donors (Lipinski definition) is 2. The third kappa shape index (κ3) is 4.37. The molecule has 2 rings (SSSR count). The number of carbonyl (C=O) groups excluding carboxylic acids is 2. The van der Waals surface area contributed by atoms with Gasteiger partial charge >= 0.3 is 11.9 Å². The van der Waals surface area contributed by atoms with Gasteiger partial charge in [0.05, 0.1) is 18.1 Å². The first-order chi connectivity index (χ1) is 11.8. The third-order valence-electron chi connectivity index (χ3n) is 3.57. The predicted molar refractivity (Wildman–Crippen MR) is 90.6 cm³/mol. The Balaban J connectivity index is 2.52. The molecule has 0 saturated carbocycles. The van der Waals surface area contributed by atoms with Crippen LogP contribution in [-0.2, 0) is 30.7 Å². The van der Waals surface area contributed by atoms with E-state index in [1.807, 2.05) is 0 Å². The summed E-state index contributed by atoms with van der Waals surface area (Å²) in [6.07, 6.45) is 0.244. The molecule has 25 heavy (non-hydrogen) atoms. The van der Waals surface area contributed by atoms with Gasteiger partial charge in [0, 0.05) is 17.3 Å². The molecule has 1 aromatic carbocycles. The molecule has 1 heterocycles. The van der Waals surface area contributed by atoms with E-state index in [1.54, 1.807) is 13.8 Å². The lowest BCUT2D eigenvalue weighted by Gasteiger charge is -2.05. The number of aromatic nitrogens is 1. The smallest absolute Gasteiger partial charge is 0.355 e. The van der Waals surface area contributed by atoms with Crippen LogP contribution in [0.3, 0.4) is 0 Å². The molecule has 0 unspecified atom stereocenters. The van der Waals surface area contributed by atoms with Gasteiger partial charge in [-0.3, -0.25) is 4.79 Å². The van der Waals surface area contributed by atoms with Crippen molar-refractivity contribution in [3.8, 4) is 0 Å². The van der Waals surface area contributed by atoms with E-state index in [4.69, 9.17) is 14.6 Å². The minimum Gasteiger partial charge on any atom is -0.466 e. The average molecular weight is 368 g/mol. The molecule has 0 atom stereocenters. The Hall–Kier alpha value is -2.39. The molecule has 0 amide bonds. The zero-order valence-electron chi connectivity index (χ0n) is 14.0. The maximum Gasteiger partial charge on any atom is 0.355 e. The summed E-state index contributed by atoms with van der Waals surface area (Å²) < 4.78 is 33.1. The average Bonchev–Trinajstić information content (AvgIpc) is 2.90. The normalized spacial score (nSPS) is 11.5. The number of aryl methyl sites for hydroxylation is 1. The number of primary sulfonamides is 1. The number of rotatable bonds is 7. The third-order valence-corrected chi connectivity index (χ3v) is 4.48. The summed E-state index contributed by atoms with van der Waals surface area (Å²) in [5, 5.41) is 5.67.